The van der Waals surface area contributed by atoms with Crippen molar-refractivity contribution in [2.75, 3.05) is 19.8 Å². The first-order valence-corrected chi connectivity index (χ1v) is 7.89. The molecule has 0 saturated carbocycles. The molecular weight excluding hydrogens is 288 g/mol. The van der Waals surface area contributed by atoms with Crippen LogP contribution in [0.15, 0.2) is 18.2 Å². The average molecular weight is 311 g/mol. The van der Waals surface area contributed by atoms with Gasteiger partial charge in [0.1, 0.15) is 0 Å². The Labute approximate surface area is 130 Å². The Kier molecular flexibility index (Phi) is 6.31. The molecule has 0 bridgehead atoms. The fourth-order valence-corrected chi connectivity index (χ4v) is 2.76. The summed E-state index contributed by atoms with van der Waals surface area (Å²) in [5.41, 5.74) is 0.607. The average Bonchev–Trinajstić information content (AvgIpc) is 2.54. The van der Waals surface area contributed by atoms with Crippen LogP contribution in [0, 0.1) is 17.6 Å². The predicted octanol–water partition coefficient (Wildman–Crippen LogP) is 3.52. The second-order valence-corrected chi connectivity index (χ2v) is 5.78. The van der Waals surface area contributed by atoms with Crippen LogP contribution in [-0.4, -0.2) is 30.6 Å². The number of carbonyl (C=O) groups is 1. The maximum atomic E-state index is 13.2. The van der Waals surface area contributed by atoms with E-state index in [0.717, 1.165) is 44.6 Å². The van der Waals surface area contributed by atoms with Crippen molar-refractivity contribution in [3.8, 4) is 0 Å². The molecule has 1 fully saturated rings. The van der Waals surface area contributed by atoms with Gasteiger partial charge in [-0.25, -0.2) is 8.78 Å². The van der Waals surface area contributed by atoms with Crippen molar-refractivity contribution in [2.45, 2.75) is 39.2 Å². The summed E-state index contributed by atoms with van der Waals surface area (Å²) in [6, 6.07) is 3.77. The van der Waals surface area contributed by atoms with Crippen LogP contribution in [0.4, 0.5) is 8.78 Å². The summed E-state index contributed by atoms with van der Waals surface area (Å²) in [5.74, 6) is -1.23. The first kappa shape index (κ1) is 16.9. The molecule has 122 valence electrons. The summed E-state index contributed by atoms with van der Waals surface area (Å²) < 4.78 is 31.6. The van der Waals surface area contributed by atoms with Crippen molar-refractivity contribution >= 4 is 5.91 Å². The molecule has 0 aliphatic carbocycles. The molecule has 1 saturated heterocycles. The molecule has 0 spiro atoms. The summed E-state index contributed by atoms with van der Waals surface area (Å²) in [7, 11) is 0. The molecule has 0 aromatic heterocycles. The van der Waals surface area contributed by atoms with E-state index >= 15 is 0 Å². The number of amides is 1. The Balaban J connectivity index is 1.86. The van der Waals surface area contributed by atoms with Crippen LogP contribution in [0.1, 0.15) is 38.2 Å². The van der Waals surface area contributed by atoms with Gasteiger partial charge in [-0.15, -0.1) is 0 Å². The van der Waals surface area contributed by atoms with E-state index in [2.05, 4.69) is 0 Å². The highest BCUT2D eigenvalue weighted by molar-refractivity contribution is 5.76. The second kappa shape index (κ2) is 8.22. The molecule has 0 radical (unpaired) electrons. The highest BCUT2D eigenvalue weighted by Gasteiger charge is 2.18. The smallest absolute Gasteiger partial charge is 0.222 e. The molecule has 5 heteroatoms. The van der Waals surface area contributed by atoms with Gasteiger partial charge >= 0.3 is 0 Å². The Morgan fingerprint density at radius 2 is 2.18 bits per heavy atom. The minimum absolute atomic E-state index is 0.0535. The fourth-order valence-electron chi connectivity index (χ4n) is 2.76. The highest BCUT2D eigenvalue weighted by Crippen LogP contribution is 2.20. The summed E-state index contributed by atoms with van der Waals surface area (Å²) in [4.78, 5) is 14.0. The number of nitrogens with zero attached hydrogens (tertiary/aromatic N) is 1. The van der Waals surface area contributed by atoms with Crippen molar-refractivity contribution in [2.24, 2.45) is 5.92 Å². The second-order valence-electron chi connectivity index (χ2n) is 5.78. The highest BCUT2D eigenvalue weighted by atomic mass is 19.2. The number of carbonyl (C=O) groups excluding carboxylic acids is 1. The SMILES string of the molecule is CCN(Cc1ccc(F)c(F)c1)C(=O)CCC1CCCOC1. The van der Waals surface area contributed by atoms with Gasteiger partial charge in [-0.3, -0.25) is 4.79 Å². The molecule has 1 aliphatic rings. The molecule has 2 rings (SSSR count). The Morgan fingerprint density at radius 3 is 2.82 bits per heavy atom. The monoisotopic (exact) mass is 311 g/mol. The van der Waals surface area contributed by atoms with Crippen molar-refractivity contribution in [1.29, 1.82) is 0 Å². The summed E-state index contributed by atoms with van der Waals surface area (Å²) in [6.45, 7) is 4.32. The van der Waals surface area contributed by atoms with Crippen LogP contribution < -0.4 is 0 Å². The first-order valence-electron chi connectivity index (χ1n) is 7.89. The van der Waals surface area contributed by atoms with E-state index in [9.17, 15) is 13.6 Å². The maximum absolute atomic E-state index is 13.2. The molecule has 1 aromatic carbocycles. The zero-order chi connectivity index (χ0) is 15.9. The summed E-state index contributed by atoms with van der Waals surface area (Å²) >= 11 is 0. The van der Waals surface area contributed by atoms with Crippen LogP contribution >= 0.6 is 0 Å². The number of hydrogen-bond acceptors (Lipinski definition) is 2. The van der Waals surface area contributed by atoms with E-state index in [1.165, 1.54) is 6.07 Å². The molecular formula is C17H23F2NO2. The van der Waals surface area contributed by atoms with Crippen LogP contribution in [0.5, 0.6) is 0 Å². The lowest BCUT2D eigenvalue weighted by atomic mass is 9.96. The van der Waals surface area contributed by atoms with Gasteiger partial charge in [-0.2, -0.15) is 0 Å². The number of rotatable bonds is 6. The van der Waals surface area contributed by atoms with Crippen molar-refractivity contribution < 1.29 is 18.3 Å². The number of hydrogen-bond donors (Lipinski definition) is 0. The minimum Gasteiger partial charge on any atom is -0.381 e. The number of benzene rings is 1. The summed E-state index contributed by atoms with van der Waals surface area (Å²) in [5, 5.41) is 0. The fraction of sp³-hybridized carbons (Fsp3) is 0.588. The van der Waals surface area contributed by atoms with Gasteiger partial charge in [0.2, 0.25) is 5.91 Å². The predicted molar refractivity (Wildman–Crippen MR) is 80.2 cm³/mol. The zero-order valence-electron chi connectivity index (χ0n) is 13.0. The molecule has 22 heavy (non-hydrogen) atoms. The maximum Gasteiger partial charge on any atom is 0.222 e. The number of ether oxygens (including phenoxy) is 1. The van der Waals surface area contributed by atoms with Gasteiger partial charge in [-0.1, -0.05) is 6.07 Å². The molecule has 1 heterocycles. The van der Waals surface area contributed by atoms with E-state index in [1.807, 2.05) is 6.92 Å². The molecule has 1 unspecified atom stereocenters. The van der Waals surface area contributed by atoms with E-state index in [-0.39, 0.29) is 5.91 Å². The third kappa shape index (κ3) is 4.77. The van der Waals surface area contributed by atoms with Crippen molar-refractivity contribution in [3.05, 3.63) is 35.4 Å². The lowest BCUT2D eigenvalue weighted by molar-refractivity contribution is -0.132. The van der Waals surface area contributed by atoms with E-state index in [4.69, 9.17) is 4.74 Å². The molecule has 3 nitrogen and oxygen atoms in total. The van der Waals surface area contributed by atoms with E-state index in [0.29, 0.717) is 31.0 Å². The standard InChI is InChI=1S/C17H23F2NO2/c1-2-20(11-14-5-7-15(18)16(19)10-14)17(21)8-6-13-4-3-9-22-12-13/h5,7,10,13H,2-4,6,8-9,11-12H2,1H3. The van der Waals surface area contributed by atoms with Crippen LogP contribution in [-0.2, 0) is 16.1 Å². The van der Waals surface area contributed by atoms with Crippen LogP contribution in [0.2, 0.25) is 0 Å². The Hall–Kier alpha value is -1.49. The third-order valence-electron chi connectivity index (χ3n) is 4.11. The van der Waals surface area contributed by atoms with Gasteiger partial charge in [0, 0.05) is 32.7 Å². The number of halogens is 2. The lowest BCUT2D eigenvalue weighted by Crippen LogP contribution is -2.31. The summed E-state index contributed by atoms with van der Waals surface area (Å²) in [6.07, 6.45) is 3.48. The normalized spacial score (nSPS) is 18.2. The van der Waals surface area contributed by atoms with Crippen LogP contribution in [0.3, 0.4) is 0 Å². The topological polar surface area (TPSA) is 29.5 Å². The lowest BCUT2D eigenvalue weighted by Gasteiger charge is -2.24. The van der Waals surface area contributed by atoms with Gasteiger partial charge < -0.3 is 9.64 Å². The molecule has 1 atom stereocenters. The molecule has 1 amide bonds. The Bertz CT molecular complexity index is 501. The van der Waals surface area contributed by atoms with Gasteiger partial charge in [0.25, 0.3) is 0 Å². The largest absolute Gasteiger partial charge is 0.381 e. The molecule has 0 N–H and O–H groups in total. The Morgan fingerprint density at radius 1 is 1.36 bits per heavy atom. The quantitative estimate of drug-likeness (QED) is 0.804. The van der Waals surface area contributed by atoms with Crippen LogP contribution in [0.25, 0.3) is 0 Å². The van der Waals surface area contributed by atoms with E-state index < -0.39 is 11.6 Å². The van der Waals surface area contributed by atoms with Gasteiger partial charge in [0.05, 0.1) is 0 Å². The van der Waals surface area contributed by atoms with Crippen molar-refractivity contribution in [3.63, 3.8) is 0 Å². The van der Waals surface area contributed by atoms with Gasteiger partial charge in [-0.05, 0) is 49.8 Å². The van der Waals surface area contributed by atoms with Crippen molar-refractivity contribution in [1.82, 2.24) is 4.90 Å². The first-order chi connectivity index (χ1) is 10.6. The van der Waals surface area contributed by atoms with E-state index in [1.54, 1.807) is 4.90 Å². The minimum atomic E-state index is -0.875. The molecule has 1 aromatic rings. The van der Waals surface area contributed by atoms with Gasteiger partial charge in [0.15, 0.2) is 11.6 Å². The zero-order valence-corrected chi connectivity index (χ0v) is 13.0. The third-order valence-corrected chi connectivity index (χ3v) is 4.11. The molecule has 1 aliphatic heterocycles.